The third-order valence-corrected chi connectivity index (χ3v) is 5.54. The maximum Gasteiger partial charge on any atom is 0.244 e. The van der Waals surface area contributed by atoms with Crippen LogP contribution in [-0.2, 0) is 9.59 Å². The molecule has 1 aliphatic rings. The number of fused-ring (bicyclic) bond motifs is 1. The molecule has 0 fully saturated rings. The van der Waals surface area contributed by atoms with Gasteiger partial charge in [0.2, 0.25) is 11.8 Å². The average Bonchev–Trinajstić information content (AvgIpc) is 2.86. The Labute approximate surface area is 188 Å². The van der Waals surface area contributed by atoms with Crippen LogP contribution in [0.25, 0.3) is 0 Å². The van der Waals surface area contributed by atoms with Crippen LogP contribution in [0.15, 0.2) is 59.7 Å². The van der Waals surface area contributed by atoms with E-state index in [0.717, 1.165) is 22.3 Å². The highest BCUT2D eigenvalue weighted by Gasteiger charge is 2.28. The largest absolute Gasteiger partial charge is 0.325 e. The molecule has 2 aromatic carbocycles. The van der Waals surface area contributed by atoms with Gasteiger partial charge >= 0.3 is 0 Å². The Morgan fingerprint density at radius 2 is 1.75 bits per heavy atom. The van der Waals surface area contributed by atoms with Crippen LogP contribution in [-0.4, -0.2) is 29.1 Å². The summed E-state index contributed by atoms with van der Waals surface area (Å²) in [4.78, 5) is 36.6. The van der Waals surface area contributed by atoms with Gasteiger partial charge in [-0.3, -0.25) is 14.5 Å². The second kappa shape index (κ2) is 8.75. The molecule has 2 amide bonds. The van der Waals surface area contributed by atoms with E-state index in [2.05, 4.69) is 17.2 Å². The summed E-state index contributed by atoms with van der Waals surface area (Å²) in [7, 11) is 0. The van der Waals surface area contributed by atoms with Gasteiger partial charge in [0.25, 0.3) is 0 Å². The number of amides is 2. The van der Waals surface area contributed by atoms with Crippen molar-refractivity contribution in [2.45, 2.75) is 34.1 Å². The zero-order valence-corrected chi connectivity index (χ0v) is 18.8. The summed E-state index contributed by atoms with van der Waals surface area (Å²) in [6.45, 7) is 7.91. The van der Waals surface area contributed by atoms with Gasteiger partial charge in [0.1, 0.15) is 12.2 Å². The fourth-order valence-electron chi connectivity index (χ4n) is 3.87. The van der Waals surface area contributed by atoms with Crippen molar-refractivity contribution in [1.82, 2.24) is 4.98 Å². The molecule has 2 heterocycles. The molecule has 0 unspecified atom stereocenters. The van der Waals surface area contributed by atoms with Gasteiger partial charge in [-0.05, 0) is 85.8 Å². The van der Waals surface area contributed by atoms with E-state index in [1.54, 1.807) is 12.3 Å². The number of aryl methyl sites for hydroxylation is 4. The van der Waals surface area contributed by atoms with E-state index >= 15 is 0 Å². The molecule has 162 valence electrons. The molecule has 6 heteroatoms. The number of carbonyl (C=O) groups excluding carboxylic acids is 2. The molecule has 1 N–H and O–H groups in total. The molecule has 0 aliphatic carbocycles. The summed E-state index contributed by atoms with van der Waals surface area (Å²) in [6.07, 6.45) is 1.70. The number of anilines is 2. The summed E-state index contributed by atoms with van der Waals surface area (Å²) < 4.78 is 0. The zero-order valence-electron chi connectivity index (χ0n) is 18.8. The lowest BCUT2D eigenvalue weighted by Gasteiger charge is -2.20. The van der Waals surface area contributed by atoms with Crippen LogP contribution in [0.3, 0.4) is 0 Å². The number of hydrogen-bond donors (Lipinski definition) is 1. The lowest BCUT2D eigenvalue weighted by atomic mass is 10.0. The predicted octanol–water partition coefficient (Wildman–Crippen LogP) is 4.81. The first kappa shape index (κ1) is 21.4. The Balaban J connectivity index is 1.62. The van der Waals surface area contributed by atoms with Gasteiger partial charge in [-0.15, -0.1) is 0 Å². The summed E-state index contributed by atoms with van der Waals surface area (Å²) in [6, 6.07) is 15.5. The molecule has 0 atom stereocenters. The van der Waals surface area contributed by atoms with Crippen LogP contribution < -0.4 is 10.2 Å². The fraction of sp³-hybridized carbons (Fsp3) is 0.231. The van der Waals surface area contributed by atoms with Gasteiger partial charge in [0.05, 0.1) is 12.1 Å². The Morgan fingerprint density at radius 1 is 1.00 bits per heavy atom. The van der Waals surface area contributed by atoms with Crippen LogP contribution in [0, 0.1) is 27.7 Å². The quantitative estimate of drug-likeness (QED) is 0.650. The van der Waals surface area contributed by atoms with Gasteiger partial charge in [-0.2, -0.15) is 0 Å². The first-order chi connectivity index (χ1) is 15.3. The minimum absolute atomic E-state index is 0.0930. The number of pyridine rings is 1. The molecule has 1 aromatic heterocycles. The second-order valence-electron chi connectivity index (χ2n) is 8.28. The molecule has 0 spiro atoms. The maximum atomic E-state index is 13.2. The van der Waals surface area contributed by atoms with E-state index < -0.39 is 0 Å². The molecule has 0 radical (unpaired) electrons. The molecule has 6 nitrogen and oxygen atoms in total. The van der Waals surface area contributed by atoms with Crippen molar-refractivity contribution < 1.29 is 9.59 Å². The molecule has 0 saturated carbocycles. The number of nitrogens with zero attached hydrogens (tertiary/aromatic N) is 3. The van der Waals surface area contributed by atoms with Crippen LogP contribution in [0.2, 0.25) is 0 Å². The van der Waals surface area contributed by atoms with Crippen molar-refractivity contribution >= 4 is 34.7 Å². The first-order valence-corrected chi connectivity index (χ1v) is 10.6. The van der Waals surface area contributed by atoms with Crippen molar-refractivity contribution in [2.75, 3.05) is 16.8 Å². The van der Waals surface area contributed by atoms with Crippen LogP contribution >= 0.6 is 0 Å². The van der Waals surface area contributed by atoms with E-state index in [9.17, 15) is 9.59 Å². The molecule has 3 aromatic rings. The average molecular weight is 427 g/mol. The van der Waals surface area contributed by atoms with Gasteiger partial charge in [0, 0.05) is 11.9 Å². The number of rotatable bonds is 4. The van der Waals surface area contributed by atoms with Gasteiger partial charge in [-0.1, -0.05) is 18.2 Å². The molecule has 4 rings (SSSR count). The van der Waals surface area contributed by atoms with Crippen molar-refractivity contribution in [3.8, 4) is 0 Å². The lowest BCUT2D eigenvalue weighted by Crippen LogP contribution is -2.39. The zero-order chi connectivity index (χ0) is 22.8. The third kappa shape index (κ3) is 4.59. The van der Waals surface area contributed by atoms with Crippen LogP contribution in [0.1, 0.15) is 34.2 Å². The van der Waals surface area contributed by atoms with Crippen LogP contribution in [0.4, 0.5) is 17.2 Å². The van der Waals surface area contributed by atoms with E-state index in [1.807, 2.05) is 63.2 Å². The Kier molecular flexibility index (Phi) is 5.86. The number of carbonyl (C=O) groups is 2. The number of aromatic nitrogens is 1. The SMILES string of the molecule is Cc1cc(C)cc(NC(=O)CN2C(=O)CC(c3ccc(C)c(C)c3)=Nc3cccnc32)c1. The summed E-state index contributed by atoms with van der Waals surface area (Å²) in [5, 5.41) is 2.90. The van der Waals surface area contributed by atoms with E-state index in [-0.39, 0.29) is 24.8 Å². The second-order valence-corrected chi connectivity index (χ2v) is 8.28. The molecular formula is C26H26N4O2. The Bertz CT molecular complexity index is 1230. The summed E-state index contributed by atoms with van der Waals surface area (Å²) >= 11 is 0. The molecule has 1 aliphatic heterocycles. The highest BCUT2D eigenvalue weighted by molar-refractivity contribution is 6.18. The fourth-order valence-corrected chi connectivity index (χ4v) is 3.87. The monoisotopic (exact) mass is 426 g/mol. The van der Waals surface area contributed by atoms with Crippen molar-refractivity contribution in [3.05, 3.63) is 82.5 Å². The highest BCUT2D eigenvalue weighted by Crippen LogP contribution is 2.31. The summed E-state index contributed by atoms with van der Waals surface area (Å²) in [5.41, 5.74) is 7.30. The standard InChI is InChI=1S/C26H26N4O2/c1-16-10-17(2)12-21(11-16)28-24(31)15-30-25(32)14-23(20-8-7-18(3)19(4)13-20)29-22-6-5-9-27-26(22)30/h5-13H,14-15H2,1-4H3,(H,28,31). The van der Waals surface area contributed by atoms with E-state index in [4.69, 9.17) is 4.99 Å². The van der Waals surface area contributed by atoms with Crippen LogP contribution in [0.5, 0.6) is 0 Å². The van der Waals surface area contributed by atoms with Crippen molar-refractivity contribution in [3.63, 3.8) is 0 Å². The van der Waals surface area contributed by atoms with E-state index in [0.29, 0.717) is 22.9 Å². The third-order valence-electron chi connectivity index (χ3n) is 5.54. The Morgan fingerprint density at radius 3 is 2.47 bits per heavy atom. The molecular weight excluding hydrogens is 400 g/mol. The topological polar surface area (TPSA) is 74.7 Å². The minimum Gasteiger partial charge on any atom is -0.325 e. The number of hydrogen-bond acceptors (Lipinski definition) is 4. The van der Waals surface area contributed by atoms with Crippen molar-refractivity contribution in [1.29, 1.82) is 0 Å². The first-order valence-electron chi connectivity index (χ1n) is 10.6. The maximum absolute atomic E-state index is 13.2. The van der Waals surface area contributed by atoms with Crippen molar-refractivity contribution in [2.24, 2.45) is 4.99 Å². The molecule has 0 bridgehead atoms. The Hall–Kier alpha value is -3.80. The number of nitrogens with one attached hydrogen (secondary N) is 1. The van der Waals surface area contributed by atoms with Gasteiger partial charge < -0.3 is 5.32 Å². The smallest absolute Gasteiger partial charge is 0.244 e. The predicted molar refractivity (Wildman–Crippen MR) is 128 cm³/mol. The summed E-state index contributed by atoms with van der Waals surface area (Å²) in [5.74, 6) is -0.100. The molecule has 32 heavy (non-hydrogen) atoms. The highest BCUT2D eigenvalue weighted by atomic mass is 16.2. The number of benzene rings is 2. The minimum atomic E-state index is -0.283. The molecule has 0 saturated heterocycles. The van der Waals surface area contributed by atoms with Gasteiger partial charge in [-0.25, -0.2) is 9.98 Å². The lowest BCUT2D eigenvalue weighted by molar-refractivity contribution is -0.120. The van der Waals surface area contributed by atoms with Gasteiger partial charge in [0.15, 0.2) is 5.82 Å². The normalized spacial score (nSPS) is 13.3. The van der Waals surface area contributed by atoms with E-state index in [1.165, 1.54) is 10.5 Å². The number of aliphatic imine (C=N–C) groups is 1.